The van der Waals surface area contributed by atoms with Crippen molar-refractivity contribution in [3.8, 4) is 5.75 Å². The fourth-order valence-corrected chi connectivity index (χ4v) is 3.67. The summed E-state index contributed by atoms with van der Waals surface area (Å²) in [6, 6.07) is 18.3. The zero-order valence-corrected chi connectivity index (χ0v) is 19.3. The van der Waals surface area contributed by atoms with Crippen molar-refractivity contribution in [2.24, 2.45) is 0 Å². The lowest BCUT2D eigenvalue weighted by atomic mass is 10.1. The molecular formula is C24H17Cl3FN3O2. The van der Waals surface area contributed by atoms with Crippen LogP contribution in [0.5, 0.6) is 5.75 Å². The van der Waals surface area contributed by atoms with Gasteiger partial charge in [0.25, 0.3) is 5.91 Å². The summed E-state index contributed by atoms with van der Waals surface area (Å²) in [6.45, 7) is 0.510. The van der Waals surface area contributed by atoms with E-state index in [4.69, 9.17) is 39.5 Å². The summed E-state index contributed by atoms with van der Waals surface area (Å²) >= 11 is 18.4. The average Bonchev–Trinajstić information content (AvgIpc) is 3.13. The van der Waals surface area contributed by atoms with Crippen LogP contribution in [0, 0.1) is 5.82 Å². The Labute approximate surface area is 204 Å². The molecule has 33 heavy (non-hydrogen) atoms. The number of nitrogens with one attached hydrogen (secondary N) is 1. The number of carbonyl (C=O) groups is 1. The lowest BCUT2D eigenvalue weighted by Crippen LogP contribution is -2.13. The minimum absolute atomic E-state index is 0.199. The first-order valence-corrected chi connectivity index (χ1v) is 11.0. The second kappa shape index (κ2) is 10.3. The molecule has 4 rings (SSSR count). The summed E-state index contributed by atoms with van der Waals surface area (Å²) in [4.78, 5) is 12.8. The van der Waals surface area contributed by atoms with Gasteiger partial charge >= 0.3 is 0 Å². The molecule has 0 unspecified atom stereocenters. The summed E-state index contributed by atoms with van der Waals surface area (Å²) in [7, 11) is 0. The Balaban J connectivity index is 1.42. The standard InChI is InChI=1S/C24H17Cl3FN3O2/c25-19-8-3-9-21(22(19)27)33-14-16-5-1-6-17(10-16)24(32)29-23-20(26)13-31(30-23)12-15-4-2-7-18(28)11-15/h1-11,13H,12,14H2,(H,29,30,32). The molecule has 0 bridgehead atoms. The molecule has 9 heteroatoms. The Bertz CT molecular complexity index is 1310. The van der Waals surface area contributed by atoms with E-state index in [1.54, 1.807) is 54.7 Å². The van der Waals surface area contributed by atoms with Crippen LogP contribution in [0.25, 0.3) is 0 Å². The molecule has 0 fully saturated rings. The van der Waals surface area contributed by atoms with Crippen molar-refractivity contribution in [1.29, 1.82) is 0 Å². The predicted molar refractivity (Wildman–Crippen MR) is 128 cm³/mol. The van der Waals surface area contributed by atoms with Crippen LogP contribution in [-0.2, 0) is 13.2 Å². The summed E-state index contributed by atoms with van der Waals surface area (Å²) < 4.78 is 20.7. The quantitative estimate of drug-likeness (QED) is 0.299. The molecule has 0 spiro atoms. The Hall–Kier alpha value is -3.06. The number of carbonyl (C=O) groups excluding carboxylic acids is 1. The van der Waals surface area contributed by atoms with Crippen LogP contribution in [0.2, 0.25) is 15.1 Å². The van der Waals surface area contributed by atoms with Gasteiger partial charge in [0.2, 0.25) is 0 Å². The lowest BCUT2D eigenvalue weighted by molar-refractivity contribution is 0.102. The Kier molecular flexibility index (Phi) is 7.18. The Morgan fingerprint density at radius 2 is 1.73 bits per heavy atom. The van der Waals surface area contributed by atoms with E-state index >= 15 is 0 Å². The number of hydrogen-bond donors (Lipinski definition) is 1. The molecule has 0 aliphatic rings. The number of nitrogens with zero attached hydrogens (tertiary/aromatic N) is 2. The minimum Gasteiger partial charge on any atom is -0.487 e. The molecule has 1 N–H and O–H groups in total. The van der Waals surface area contributed by atoms with Gasteiger partial charge in [0, 0.05) is 11.8 Å². The van der Waals surface area contributed by atoms with E-state index in [1.807, 2.05) is 6.07 Å². The summed E-state index contributed by atoms with van der Waals surface area (Å²) in [6.07, 6.45) is 1.57. The van der Waals surface area contributed by atoms with Gasteiger partial charge in [-0.25, -0.2) is 4.39 Å². The normalized spacial score (nSPS) is 10.8. The third-order valence-corrected chi connectivity index (χ3v) is 5.76. The van der Waals surface area contributed by atoms with Crippen LogP contribution in [0.3, 0.4) is 0 Å². The molecular weight excluding hydrogens is 488 g/mol. The molecule has 0 radical (unpaired) electrons. The first-order chi connectivity index (χ1) is 15.9. The van der Waals surface area contributed by atoms with Gasteiger partial charge in [-0.1, -0.05) is 65.1 Å². The molecule has 1 aromatic heterocycles. The first kappa shape index (κ1) is 23.1. The number of halogens is 4. The number of benzene rings is 3. The van der Waals surface area contributed by atoms with Gasteiger partial charge in [-0.15, -0.1) is 0 Å². The highest BCUT2D eigenvalue weighted by molar-refractivity contribution is 6.42. The maximum absolute atomic E-state index is 13.4. The largest absolute Gasteiger partial charge is 0.487 e. The number of rotatable bonds is 7. The van der Waals surface area contributed by atoms with E-state index in [2.05, 4.69) is 10.4 Å². The smallest absolute Gasteiger partial charge is 0.256 e. The van der Waals surface area contributed by atoms with Crippen molar-refractivity contribution in [2.45, 2.75) is 13.2 Å². The van der Waals surface area contributed by atoms with Crippen LogP contribution in [0.1, 0.15) is 21.5 Å². The van der Waals surface area contributed by atoms with Crippen molar-refractivity contribution in [3.05, 3.63) is 111 Å². The predicted octanol–water partition coefficient (Wildman–Crippen LogP) is 6.86. The second-order valence-corrected chi connectivity index (χ2v) is 8.34. The Morgan fingerprint density at radius 3 is 2.55 bits per heavy atom. The van der Waals surface area contributed by atoms with Gasteiger partial charge in [0.15, 0.2) is 5.82 Å². The van der Waals surface area contributed by atoms with E-state index in [-0.39, 0.29) is 29.2 Å². The van der Waals surface area contributed by atoms with Crippen LogP contribution in [-0.4, -0.2) is 15.7 Å². The number of anilines is 1. The second-order valence-electron chi connectivity index (χ2n) is 7.15. The summed E-state index contributed by atoms with van der Waals surface area (Å²) in [5, 5.41) is 8.00. The average molecular weight is 505 g/mol. The van der Waals surface area contributed by atoms with E-state index in [0.717, 1.165) is 11.1 Å². The summed E-state index contributed by atoms with van der Waals surface area (Å²) in [5.74, 6) is -0.0450. The maximum Gasteiger partial charge on any atom is 0.256 e. The molecule has 4 aromatic rings. The maximum atomic E-state index is 13.4. The zero-order chi connectivity index (χ0) is 23.4. The number of amides is 1. The number of hydrogen-bond acceptors (Lipinski definition) is 3. The van der Waals surface area contributed by atoms with Crippen molar-refractivity contribution in [1.82, 2.24) is 9.78 Å². The SMILES string of the molecule is O=C(Nc1nn(Cc2cccc(F)c2)cc1Cl)c1cccc(COc2cccc(Cl)c2Cl)c1. The van der Waals surface area contributed by atoms with E-state index < -0.39 is 0 Å². The van der Waals surface area contributed by atoms with Gasteiger partial charge < -0.3 is 10.1 Å². The van der Waals surface area contributed by atoms with Crippen molar-refractivity contribution in [2.75, 3.05) is 5.32 Å². The van der Waals surface area contributed by atoms with Gasteiger partial charge in [0.1, 0.15) is 28.2 Å². The van der Waals surface area contributed by atoms with Gasteiger partial charge in [-0.2, -0.15) is 5.10 Å². The molecule has 0 aliphatic carbocycles. The molecule has 1 amide bonds. The molecule has 3 aromatic carbocycles. The fraction of sp³-hybridized carbons (Fsp3) is 0.0833. The highest BCUT2D eigenvalue weighted by atomic mass is 35.5. The number of aromatic nitrogens is 2. The molecule has 5 nitrogen and oxygen atoms in total. The van der Waals surface area contributed by atoms with Crippen LogP contribution in [0.15, 0.2) is 72.9 Å². The Morgan fingerprint density at radius 1 is 0.970 bits per heavy atom. The highest BCUT2D eigenvalue weighted by Gasteiger charge is 2.14. The van der Waals surface area contributed by atoms with Crippen LogP contribution < -0.4 is 10.1 Å². The van der Waals surface area contributed by atoms with Crippen LogP contribution in [0.4, 0.5) is 10.2 Å². The highest BCUT2D eigenvalue weighted by Crippen LogP contribution is 2.32. The van der Waals surface area contributed by atoms with Gasteiger partial charge in [-0.3, -0.25) is 9.48 Å². The molecule has 1 heterocycles. The first-order valence-electron chi connectivity index (χ1n) is 9.83. The monoisotopic (exact) mass is 503 g/mol. The molecule has 0 atom stereocenters. The van der Waals surface area contributed by atoms with Gasteiger partial charge in [0.05, 0.1) is 11.6 Å². The molecule has 168 valence electrons. The van der Waals surface area contributed by atoms with Crippen molar-refractivity contribution >= 4 is 46.5 Å². The zero-order valence-electron chi connectivity index (χ0n) is 17.1. The van der Waals surface area contributed by atoms with E-state index in [1.165, 1.54) is 16.8 Å². The summed E-state index contributed by atoms with van der Waals surface area (Å²) in [5.41, 5.74) is 1.89. The number of ether oxygens (including phenoxy) is 1. The van der Waals surface area contributed by atoms with E-state index in [9.17, 15) is 9.18 Å². The molecule has 0 saturated heterocycles. The third kappa shape index (κ3) is 5.85. The molecule has 0 aliphatic heterocycles. The topological polar surface area (TPSA) is 56.2 Å². The minimum atomic E-state index is -0.379. The van der Waals surface area contributed by atoms with E-state index in [0.29, 0.717) is 27.9 Å². The van der Waals surface area contributed by atoms with Crippen molar-refractivity contribution in [3.63, 3.8) is 0 Å². The molecule has 0 saturated carbocycles. The third-order valence-electron chi connectivity index (χ3n) is 4.68. The van der Waals surface area contributed by atoms with Crippen LogP contribution >= 0.6 is 34.8 Å². The van der Waals surface area contributed by atoms with Crippen molar-refractivity contribution < 1.29 is 13.9 Å². The lowest BCUT2D eigenvalue weighted by Gasteiger charge is -2.10. The van der Waals surface area contributed by atoms with Gasteiger partial charge in [-0.05, 0) is 47.5 Å². The fourth-order valence-electron chi connectivity index (χ4n) is 3.12.